The van der Waals surface area contributed by atoms with Crippen LogP contribution in [-0.4, -0.2) is 20.9 Å². The first kappa shape index (κ1) is 20.2. The van der Waals surface area contributed by atoms with Crippen LogP contribution in [0.5, 0.6) is 0 Å². The van der Waals surface area contributed by atoms with Crippen molar-refractivity contribution in [2.45, 2.75) is 26.8 Å². The van der Waals surface area contributed by atoms with E-state index in [1.165, 1.54) is 11.3 Å². The molecule has 0 bridgehead atoms. The van der Waals surface area contributed by atoms with Gasteiger partial charge in [0.05, 0.1) is 32.9 Å². The number of benzene rings is 1. The van der Waals surface area contributed by atoms with E-state index in [2.05, 4.69) is 25.6 Å². The van der Waals surface area contributed by atoms with E-state index in [-0.39, 0.29) is 11.9 Å². The third kappa shape index (κ3) is 4.55. The van der Waals surface area contributed by atoms with E-state index in [9.17, 15) is 4.79 Å². The van der Waals surface area contributed by atoms with Crippen molar-refractivity contribution >= 4 is 39.5 Å². The summed E-state index contributed by atoms with van der Waals surface area (Å²) in [6, 6.07) is 13.3. The van der Waals surface area contributed by atoms with Crippen LogP contribution in [0.25, 0.3) is 10.6 Å². The first-order chi connectivity index (χ1) is 14.5. The standard InChI is InChI=1S/C22H21N5OS2/c1-13(16-7-5-4-6-8-16)25-21(28)17-9-10-19(23-11-17)27-22-26-18(12-29-22)20-14(2)24-15(3)30-20/h4-13H,1-3H3,(H,25,28)(H,23,26,27). The zero-order valence-electron chi connectivity index (χ0n) is 16.8. The molecule has 1 amide bonds. The van der Waals surface area contributed by atoms with Gasteiger partial charge in [0.2, 0.25) is 0 Å². The molecule has 4 rings (SSSR count). The Morgan fingerprint density at radius 1 is 1.07 bits per heavy atom. The van der Waals surface area contributed by atoms with E-state index in [4.69, 9.17) is 0 Å². The first-order valence-corrected chi connectivity index (χ1v) is 11.2. The molecule has 3 heterocycles. The number of aryl methyl sites for hydroxylation is 2. The van der Waals surface area contributed by atoms with E-state index >= 15 is 0 Å². The first-order valence-electron chi connectivity index (χ1n) is 9.48. The lowest BCUT2D eigenvalue weighted by molar-refractivity contribution is 0.0939. The summed E-state index contributed by atoms with van der Waals surface area (Å²) in [6.07, 6.45) is 1.57. The van der Waals surface area contributed by atoms with Crippen LogP contribution in [0, 0.1) is 13.8 Å². The van der Waals surface area contributed by atoms with Gasteiger partial charge in [0.25, 0.3) is 5.91 Å². The molecule has 30 heavy (non-hydrogen) atoms. The molecule has 2 N–H and O–H groups in total. The molecule has 0 aliphatic rings. The zero-order chi connectivity index (χ0) is 21.1. The molecule has 1 atom stereocenters. The summed E-state index contributed by atoms with van der Waals surface area (Å²) in [7, 11) is 0. The topological polar surface area (TPSA) is 79.8 Å². The van der Waals surface area contributed by atoms with Crippen LogP contribution in [0.4, 0.5) is 10.9 Å². The van der Waals surface area contributed by atoms with Crippen molar-refractivity contribution in [3.05, 3.63) is 75.9 Å². The Labute approximate surface area is 183 Å². The summed E-state index contributed by atoms with van der Waals surface area (Å²) in [5, 5.41) is 9.98. The number of hydrogen-bond acceptors (Lipinski definition) is 7. The molecule has 6 nitrogen and oxygen atoms in total. The third-order valence-electron chi connectivity index (χ3n) is 4.55. The number of amides is 1. The number of pyridine rings is 1. The highest BCUT2D eigenvalue weighted by molar-refractivity contribution is 7.16. The molecular weight excluding hydrogens is 414 g/mol. The van der Waals surface area contributed by atoms with Crippen molar-refractivity contribution in [3.63, 3.8) is 0 Å². The van der Waals surface area contributed by atoms with Gasteiger partial charge in [-0.05, 0) is 38.5 Å². The van der Waals surface area contributed by atoms with E-state index in [0.717, 1.165) is 32.0 Å². The van der Waals surface area contributed by atoms with Crippen LogP contribution in [0.3, 0.4) is 0 Å². The predicted molar refractivity (Wildman–Crippen MR) is 123 cm³/mol. The highest BCUT2D eigenvalue weighted by Crippen LogP contribution is 2.32. The Morgan fingerprint density at radius 2 is 1.87 bits per heavy atom. The Hall–Kier alpha value is -3.10. The average molecular weight is 436 g/mol. The summed E-state index contributed by atoms with van der Waals surface area (Å²) in [6.45, 7) is 5.95. The normalized spacial score (nSPS) is 11.8. The molecule has 4 aromatic rings. The third-order valence-corrected chi connectivity index (χ3v) is 6.40. The van der Waals surface area contributed by atoms with Crippen molar-refractivity contribution in [1.29, 1.82) is 0 Å². The van der Waals surface area contributed by atoms with Crippen LogP contribution < -0.4 is 10.6 Å². The quantitative estimate of drug-likeness (QED) is 0.417. The lowest BCUT2D eigenvalue weighted by Crippen LogP contribution is -2.26. The van der Waals surface area contributed by atoms with Crippen LogP contribution >= 0.6 is 22.7 Å². The number of anilines is 2. The maximum atomic E-state index is 12.5. The molecule has 152 valence electrons. The maximum Gasteiger partial charge on any atom is 0.253 e. The minimum atomic E-state index is -0.155. The summed E-state index contributed by atoms with van der Waals surface area (Å²) >= 11 is 3.15. The Bertz CT molecular complexity index is 1150. The lowest BCUT2D eigenvalue weighted by Gasteiger charge is -2.14. The Kier molecular flexibility index (Phi) is 5.87. The SMILES string of the molecule is Cc1nc(C)c(-c2csc(Nc3ccc(C(=O)NC(C)c4ccccc4)cn3)n2)s1. The number of aromatic nitrogens is 3. The van der Waals surface area contributed by atoms with Crippen molar-refractivity contribution in [3.8, 4) is 10.6 Å². The minimum Gasteiger partial charge on any atom is -0.345 e. The van der Waals surface area contributed by atoms with Crippen LogP contribution in [0.2, 0.25) is 0 Å². The van der Waals surface area contributed by atoms with Gasteiger partial charge in [-0.3, -0.25) is 4.79 Å². The van der Waals surface area contributed by atoms with Gasteiger partial charge in [-0.2, -0.15) is 0 Å². The predicted octanol–water partition coefficient (Wildman–Crippen LogP) is 5.51. The van der Waals surface area contributed by atoms with Crippen LogP contribution in [0.15, 0.2) is 54.0 Å². The van der Waals surface area contributed by atoms with Gasteiger partial charge in [-0.15, -0.1) is 22.7 Å². The Morgan fingerprint density at radius 3 is 2.53 bits per heavy atom. The zero-order valence-corrected chi connectivity index (χ0v) is 18.5. The van der Waals surface area contributed by atoms with Crippen LogP contribution in [-0.2, 0) is 0 Å². The molecule has 1 aromatic carbocycles. The fourth-order valence-corrected chi connectivity index (χ4v) is 4.68. The van der Waals surface area contributed by atoms with Gasteiger partial charge in [0.1, 0.15) is 5.82 Å². The number of thiazole rings is 2. The number of nitrogens with zero attached hydrogens (tertiary/aromatic N) is 3. The largest absolute Gasteiger partial charge is 0.345 e. The smallest absolute Gasteiger partial charge is 0.253 e. The fourth-order valence-electron chi connectivity index (χ4n) is 3.02. The molecule has 0 fully saturated rings. The number of carbonyl (C=O) groups excluding carboxylic acids is 1. The van der Waals surface area contributed by atoms with E-state index in [0.29, 0.717) is 11.4 Å². The molecule has 0 saturated heterocycles. The second-order valence-corrected chi connectivity index (χ2v) is 8.91. The second-order valence-electron chi connectivity index (χ2n) is 6.85. The molecule has 0 radical (unpaired) electrons. The van der Waals surface area contributed by atoms with E-state index in [1.807, 2.05) is 56.5 Å². The summed E-state index contributed by atoms with van der Waals surface area (Å²) < 4.78 is 0. The fraction of sp³-hybridized carbons (Fsp3) is 0.182. The van der Waals surface area contributed by atoms with Gasteiger partial charge in [-0.25, -0.2) is 15.0 Å². The summed E-state index contributed by atoms with van der Waals surface area (Å²) in [5.41, 5.74) is 3.48. The molecule has 0 saturated carbocycles. The lowest BCUT2D eigenvalue weighted by atomic mass is 10.1. The van der Waals surface area contributed by atoms with Crippen LogP contribution in [0.1, 0.15) is 39.6 Å². The van der Waals surface area contributed by atoms with Crippen molar-refractivity contribution < 1.29 is 4.79 Å². The maximum absolute atomic E-state index is 12.5. The highest BCUT2D eigenvalue weighted by atomic mass is 32.1. The van der Waals surface area contributed by atoms with E-state index < -0.39 is 0 Å². The van der Waals surface area contributed by atoms with E-state index in [1.54, 1.807) is 29.7 Å². The van der Waals surface area contributed by atoms with Gasteiger partial charge < -0.3 is 10.6 Å². The molecule has 0 aliphatic carbocycles. The number of rotatable bonds is 6. The molecular formula is C22H21N5OS2. The molecule has 8 heteroatoms. The summed E-state index contributed by atoms with van der Waals surface area (Å²) in [4.78, 5) is 27.1. The minimum absolute atomic E-state index is 0.0796. The van der Waals surface area contributed by atoms with Crippen molar-refractivity contribution in [2.75, 3.05) is 5.32 Å². The highest BCUT2D eigenvalue weighted by Gasteiger charge is 2.13. The molecule has 0 aliphatic heterocycles. The van der Waals surface area contributed by atoms with Gasteiger partial charge >= 0.3 is 0 Å². The molecule has 3 aromatic heterocycles. The summed E-state index contributed by atoms with van der Waals surface area (Å²) in [5.74, 6) is 0.485. The second kappa shape index (κ2) is 8.73. The van der Waals surface area contributed by atoms with Gasteiger partial charge in [0.15, 0.2) is 5.13 Å². The monoisotopic (exact) mass is 435 g/mol. The number of nitrogens with one attached hydrogen (secondary N) is 2. The van der Waals surface area contributed by atoms with Gasteiger partial charge in [-0.1, -0.05) is 30.3 Å². The average Bonchev–Trinajstić information content (AvgIpc) is 3.34. The number of carbonyl (C=O) groups is 1. The van der Waals surface area contributed by atoms with Gasteiger partial charge in [0, 0.05) is 11.6 Å². The Balaban J connectivity index is 1.40. The van der Waals surface area contributed by atoms with Crippen molar-refractivity contribution in [1.82, 2.24) is 20.3 Å². The molecule has 1 unspecified atom stereocenters. The molecule has 0 spiro atoms. The van der Waals surface area contributed by atoms with Crippen molar-refractivity contribution in [2.24, 2.45) is 0 Å². The number of hydrogen-bond donors (Lipinski definition) is 2.